The number of nitrogens with zero attached hydrogens (tertiary/aromatic N) is 2. The molecular formula is C14H26N4O2. The van der Waals surface area contributed by atoms with E-state index < -0.39 is 5.60 Å². The van der Waals surface area contributed by atoms with Gasteiger partial charge in [-0.15, -0.1) is 0 Å². The molecule has 20 heavy (non-hydrogen) atoms. The number of nitrogens with one attached hydrogen (secondary N) is 2. The average molecular weight is 282 g/mol. The zero-order valence-electron chi connectivity index (χ0n) is 12.8. The van der Waals surface area contributed by atoms with Crippen LogP contribution >= 0.6 is 0 Å². The van der Waals surface area contributed by atoms with E-state index in [4.69, 9.17) is 0 Å². The highest BCUT2D eigenvalue weighted by molar-refractivity contribution is 5.88. The number of amides is 2. The summed E-state index contributed by atoms with van der Waals surface area (Å²) in [4.78, 5) is 11.9. The molecule has 1 aromatic heterocycles. The Bertz CT molecular complexity index is 427. The van der Waals surface area contributed by atoms with Gasteiger partial charge in [0.25, 0.3) is 0 Å². The van der Waals surface area contributed by atoms with Crippen LogP contribution in [0, 0.1) is 0 Å². The predicted molar refractivity (Wildman–Crippen MR) is 79.8 cm³/mol. The molecule has 6 nitrogen and oxygen atoms in total. The lowest BCUT2D eigenvalue weighted by atomic mass is 9.98. The van der Waals surface area contributed by atoms with E-state index in [0.717, 1.165) is 6.42 Å². The van der Waals surface area contributed by atoms with Crippen LogP contribution in [0.3, 0.4) is 0 Å². The zero-order chi connectivity index (χ0) is 15.2. The fourth-order valence-corrected chi connectivity index (χ4v) is 1.84. The molecule has 3 N–H and O–H groups in total. The molecule has 0 bridgehead atoms. The molecule has 1 aromatic rings. The third-order valence-electron chi connectivity index (χ3n) is 3.81. The molecule has 0 aliphatic rings. The topological polar surface area (TPSA) is 79.2 Å². The molecule has 0 saturated carbocycles. The van der Waals surface area contributed by atoms with Crippen molar-refractivity contribution in [2.45, 2.75) is 58.6 Å². The van der Waals surface area contributed by atoms with Gasteiger partial charge in [-0.25, -0.2) is 9.48 Å². The molecule has 0 spiro atoms. The van der Waals surface area contributed by atoms with Crippen molar-refractivity contribution >= 4 is 11.8 Å². The van der Waals surface area contributed by atoms with Crippen LogP contribution in [-0.4, -0.2) is 33.1 Å². The lowest BCUT2D eigenvalue weighted by Gasteiger charge is -2.25. The first-order chi connectivity index (χ1) is 9.45. The molecule has 0 aliphatic heterocycles. The minimum atomic E-state index is -0.839. The Labute approximate surface area is 120 Å². The number of aliphatic hydroxyl groups is 1. The first-order valence-corrected chi connectivity index (χ1v) is 7.26. The molecule has 0 fully saturated rings. The number of hydrogen-bond donors (Lipinski definition) is 3. The molecule has 2 amide bonds. The Morgan fingerprint density at radius 1 is 1.45 bits per heavy atom. The van der Waals surface area contributed by atoms with Crippen LogP contribution in [0.25, 0.3) is 0 Å². The van der Waals surface area contributed by atoms with Gasteiger partial charge < -0.3 is 10.4 Å². The Hall–Kier alpha value is -1.56. The molecular weight excluding hydrogens is 256 g/mol. The van der Waals surface area contributed by atoms with Crippen molar-refractivity contribution in [3.05, 3.63) is 12.3 Å². The van der Waals surface area contributed by atoms with Crippen molar-refractivity contribution in [2.24, 2.45) is 0 Å². The van der Waals surface area contributed by atoms with Gasteiger partial charge in [0.2, 0.25) is 0 Å². The number of anilines is 1. The number of hydrogen-bond acceptors (Lipinski definition) is 3. The average Bonchev–Trinajstić information content (AvgIpc) is 2.92. The number of aromatic nitrogens is 2. The summed E-state index contributed by atoms with van der Waals surface area (Å²) in [6, 6.07) is 1.66. The summed E-state index contributed by atoms with van der Waals surface area (Å²) < 4.78 is 1.78. The van der Waals surface area contributed by atoms with Gasteiger partial charge in [0.1, 0.15) is 5.82 Å². The van der Waals surface area contributed by atoms with Crippen LogP contribution in [0.5, 0.6) is 0 Å². The molecule has 0 saturated heterocycles. The third-order valence-corrected chi connectivity index (χ3v) is 3.81. The van der Waals surface area contributed by atoms with Crippen molar-refractivity contribution < 1.29 is 9.90 Å². The van der Waals surface area contributed by atoms with Crippen LogP contribution in [0.4, 0.5) is 10.6 Å². The first-order valence-electron chi connectivity index (χ1n) is 7.26. The van der Waals surface area contributed by atoms with Gasteiger partial charge in [-0.05, 0) is 26.2 Å². The van der Waals surface area contributed by atoms with Crippen LogP contribution in [-0.2, 0) is 0 Å². The van der Waals surface area contributed by atoms with E-state index in [1.165, 1.54) is 0 Å². The van der Waals surface area contributed by atoms with E-state index in [-0.39, 0.29) is 18.6 Å². The van der Waals surface area contributed by atoms with E-state index in [1.54, 1.807) is 16.9 Å². The van der Waals surface area contributed by atoms with Crippen LogP contribution in [0.1, 0.15) is 53.0 Å². The monoisotopic (exact) mass is 282 g/mol. The molecule has 1 atom stereocenters. The fourth-order valence-electron chi connectivity index (χ4n) is 1.84. The summed E-state index contributed by atoms with van der Waals surface area (Å²) in [5.74, 6) is 0.661. The predicted octanol–water partition coefficient (Wildman–Crippen LogP) is 2.53. The van der Waals surface area contributed by atoms with Gasteiger partial charge in [-0.2, -0.15) is 5.10 Å². The smallest absolute Gasteiger partial charge is 0.320 e. The summed E-state index contributed by atoms with van der Waals surface area (Å²) in [6.45, 7) is 8.16. The highest BCUT2D eigenvalue weighted by Gasteiger charge is 2.23. The number of carbonyl (C=O) groups excluding carboxylic acids is 1. The first kappa shape index (κ1) is 16.5. The van der Waals surface area contributed by atoms with Crippen molar-refractivity contribution in [2.75, 3.05) is 11.9 Å². The molecule has 0 aliphatic carbocycles. The summed E-state index contributed by atoms with van der Waals surface area (Å²) in [5.41, 5.74) is -0.839. The maximum atomic E-state index is 11.9. The standard InChI is InChI=1S/C14H26N4O2/c1-5-11(4)18-12(8-9-16-18)17-13(19)15-10-14(20,6-2)7-3/h8-9,11,20H,5-7,10H2,1-4H3,(H2,15,17,19). The second kappa shape index (κ2) is 7.28. The van der Waals surface area contributed by atoms with E-state index in [2.05, 4.69) is 22.7 Å². The fraction of sp³-hybridized carbons (Fsp3) is 0.714. The van der Waals surface area contributed by atoms with Gasteiger partial charge in [0.15, 0.2) is 0 Å². The lowest BCUT2D eigenvalue weighted by Crippen LogP contribution is -2.43. The Morgan fingerprint density at radius 3 is 2.65 bits per heavy atom. The van der Waals surface area contributed by atoms with Crippen molar-refractivity contribution in [1.29, 1.82) is 0 Å². The minimum absolute atomic E-state index is 0.225. The molecule has 1 rings (SSSR count). The van der Waals surface area contributed by atoms with Gasteiger partial charge in [0.05, 0.1) is 17.8 Å². The summed E-state index contributed by atoms with van der Waals surface area (Å²) in [7, 11) is 0. The van der Waals surface area contributed by atoms with Crippen molar-refractivity contribution in [1.82, 2.24) is 15.1 Å². The normalized spacial score (nSPS) is 13.1. The minimum Gasteiger partial charge on any atom is -0.388 e. The van der Waals surface area contributed by atoms with Gasteiger partial charge >= 0.3 is 6.03 Å². The number of carbonyl (C=O) groups is 1. The number of rotatable bonds is 7. The van der Waals surface area contributed by atoms with Gasteiger partial charge in [0, 0.05) is 12.6 Å². The van der Waals surface area contributed by atoms with Crippen molar-refractivity contribution in [3.8, 4) is 0 Å². The summed E-state index contributed by atoms with van der Waals surface area (Å²) in [6.07, 6.45) is 3.81. The molecule has 0 radical (unpaired) electrons. The molecule has 1 heterocycles. The van der Waals surface area contributed by atoms with Gasteiger partial charge in [-0.3, -0.25) is 5.32 Å². The van der Waals surface area contributed by atoms with E-state index >= 15 is 0 Å². The summed E-state index contributed by atoms with van der Waals surface area (Å²) >= 11 is 0. The van der Waals surface area contributed by atoms with Crippen molar-refractivity contribution in [3.63, 3.8) is 0 Å². The quantitative estimate of drug-likeness (QED) is 0.719. The largest absolute Gasteiger partial charge is 0.388 e. The highest BCUT2D eigenvalue weighted by Crippen LogP contribution is 2.16. The molecule has 0 aromatic carbocycles. The Morgan fingerprint density at radius 2 is 2.10 bits per heavy atom. The highest BCUT2D eigenvalue weighted by atomic mass is 16.3. The Balaban J connectivity index is 2.57. The van der Waals surface area contributed by atoms with Crippen LogP contribution < -0.4 is 10.6 Å². The maximum absolute atomic E-state index is 11.9. The summed E-state index contributed by atoms with van der Waals surface area (Å²) in [5, 5.41) is 19.8. The maximum Gasteiger partial charge on any atom is 0.320 e. The van der Waals surface area contributed by atoms with Gasteiger partial charge in [-0.1, -0.05) is 20.8 Å². The molecule has 6 heteroatoms. The second-order valence-electron chi connectivity index (χ2n) is 5.16. The number of urea groups is 1. The lowest BCUT2D eigenvalue weighted by molar-refractivity contribution is 0.0354. The SMILES string of the molecule is CCC(C)n1nccc1NC(=O)NCC(O)(CC)CC. The van der Waals surface area contributed by atoms with E-state index in [0.29, 0.717) is 18.7 Å². The molecule has 114 valence electrons. The van der Waals surface area contributed by atoms with E-state index in [9.17, 15) is 9.90 Å². The van der Waals surface area contributed by atoms with Crippen LogP contribution in [0.15, 0.2) is 12.3 Å². The second-order valence-corrected chi connectivity index (χ2v) is 5.16. The Kier molecular flexibility index (Phi) is 6.01. The van der Waals surface area contributed by atoms with E-state index in [1.807, 2.05) is 20.8 Å². The molecule has 1 unspecified atom stereocenters. The van der Waals surface area contributed by atoms with Crippen LogP contribution in [0.2, 0.25) is 0 Å². The zero-order valence-corrected chi connectivity index (χ0v) is 12.8. The third kappa shape index (κ3) is 4.23.